The van der Waals surface area contributed by atoms with Crippen LogP contribution in [0.4, 0.5) is 0 Å². The van der Waals surface area contributed by atoms with Crippen LogP contribution in [0.2, 0.25) is 0 Å². The first-order valence-corrected chi connectivity index (χ1v) is 25.5. The minimum absolute atomic E-state index is 0.300. The predicted octanol–water partition coefficient (Wildman–Crippen LogP) is 10.4. The Balaban J connectivity index is 2.31. The molecule has 7 N–H and O–H groups in total. The Hall–Kier alpha value is -1.89. The van der Waals surface area contributed by atoms with Gasteiger partial charge in [0.15, 0.2) is 6.29 Å². The second-order valence-corrected chi connectivity index (χ2v) is 17.8. The number of aliphatic hydroxyl groups is 6. The molecule has 0 unspecified atom stereocenters. The number of carbonyl (C=O) groups excluding carboxylic acids is 1. The molecule has 1 amide bonds. The van der Waals surface area contributed by atoms with Gasteiger partial charge in [0.1, 0.15) is 30.5 Å². The maximum absolute atomic E-state index is 13.1. The molecule has 0 radical (unpaired) electrons. The number of rotatable bonds is 42. The molecule has 0 saturated carbocycles. The van der Waals surface area contributed by atoms with E-state index in [0.29, 0.717) is 19.3 Å². The summed E-state index contributed by atoms with van der Waals surface area (Å²) in [5, 5.41) is 64.7. The molecule has 0 spiro atoms. The van der Waals surface area contributed by atoms with Crippen LogP contribution < -0.4 is 5.32 Å². The van der Waals surface area contributed by atoms with Gasteiger partial charge in [-0.2, -0.15) is 0 Å². The van der Waals surface area contributed by atoms with Crippen molar-refractivity contribution in [2.75, 3.05) is 13.2 Å². The van der Waals surface area contributed by atoms with Crippen LogP contribution in [0.25, 0.3) is 0 Å². The summed E-state index contributed by atoms with van der Waals surface area (Å²) in [6.07, 6.45) is 43.5. The molecule has 1 fully saturated rings. The minimum Gasteiger partial charge on any atom is -0.394 e. The van der Waals surface area contributed by atoms with Crippen LogP contribution in [0, 0.1) is 0 Å². The lowest BCUT2D eigenvalue weighted by Gasteiger charge is -2.40. The Kier molecular flexibility index (Phi) is 39.2. The summed E-state index contributed by atoms with van der Waals surface area (Å²) in [6.45, 7) is 3.55. The minimum atomic E-state index is -1.62. The van der Waals surface area contributed by atoms with E-state index in [1.807, 2.05) is 12.2 Å². The monoisotopic (exact) mass is 878 g/mol. The van der Waals surface area contributed by atoms with Gasteiger partial charge in [-0.25, -0.2) is 0 Å². The first-order valence-electron chi connectivity index (χ1n) is 25.5. The highest BCUT2D eigenvalue weighted by molar-refractivity contribution is 5.80. The lowest BCUT2D eigenvalue weighted by molar-refractivity contribution is -0.302. The number of ether oxygens (including phenoxy) is 2. The van der Waals surface area contributed by atoms with Crippen molar-refractivity contribution in [1.29, 1.82) is 0 Å². The smallest absolute Gasteiger partial charge is 0.249 e. The van der Waals surface area contributed by atoms with Crippen molar-refractivity contribution in [3.63, 3.8) is 0 Å². The summed E-state index contributed by atoms with van der Waals surface area (Å²) >= 11 is 0. The molecule has 10 nitrogen and oxygen atoms in total. The first kappa shape index (κ1) is 58.1. The molecule has 62 heavy (non-hydrogen) atoms. The molecule has 1 rings (SSSR count). The number of hydrogen-bond acceptors (Lipinski definition) is 9. The Morgan fingerprint density at radius 3 is 1.52 bits per heavy atom. The van der Waals surface area contributed by atoms with Gasteiger partial charge in [0.2, 0.25) is 5.91 Å². The number of amides is 1. The largest absolute Gasteiger partial charge is 0.394 e. The number of aliphatic hydroxyl groups excluding tert-OH is 6. The van der Waals surface area contributed by atoms with Gasteiger partial charge in [0, 0.05) is 0 Å². The van der Waals surface area contributed by atoms with Crippen LogP contribution in [-0.4, -0.2) is 98.7 Å². The fraction of sp³-hybridized carbons (Fsp3) is 0.827. The molecule has 0 aromatic rings. The van der Waals surface area contributed by atoms with E-state index in [4.69, 9.17) is 9.47 Å². The third-order valence-corrected chi connectivity index (χ3v) is 12.0. The van der Waals surface area contributed by atoms with Crippen LogP contribution in [0.3, 0.4) is 0 Å². The SMILES string of the molecule is CCCCCCC=CCCCCCCCCCCCCCCCCCC[C@@H](O)C(=O)N[C@@H](CO[C@@H]1O[C@H](CO)[C@@H](O)[C@H](O)[C@H]1O)[C@H](O)/C=C/CC/C=C/C=C/CCCCCCC. The van der Waals surface area contributed by atoms with Gasteiger partial charge >= 0.3 is 0 Å². The topological polar surface area (TPSA) is 169 Å². The van der Waals surface area contributed by atoms with Gasteiger partial charge in [-0.05, 0) is 57.8 Å². The molecule has 0 aromatic heterocycles. The highest BCUT2D eigenvalue weighted by Crippen LogP contribution is 2.23. The zero-order valence-corrected chi connectivity index (χ0v) is 39.5. The summed E-state index contributed by atoms with van der Waals surface area (Å²) in [5.41, 5.74) is 0. The third-order valence-electron chi connectivity index (χ3n) is 12.0. The molecule has 0 aromatic carbocycles. The molecule has 1 saturated heterocycles. The van der Waals surface area contributed by atoms with Crippen LogP contribution in [0.5, 0.6) is 0 Å². The third kappa shape index (κ3) is 31.1. The first-order chi connectivity index (χ1) is 30.3. The van der Waals surface area contributed by atoms with E-state index in [0.717, 1.165) is 32.1 Å². The maximum Gasteiger partial charge on any atom is 0.249 e. The molecular formula is C52H95NO9. The second-order valence-electron chi connectivity index (χ2n) is 17.8. The molecule has 1 aliphatic rings. The summed E-state index contributed by atoms with van der Waals surface area (Å²) in [5.74, 6) is -0.633. The van der Waals surface area contributed by atoms with Crippen molar-refractivity contribution in [2.24, 2.45) is 0 Å². The van der Waals surface area contributed by atoms with E-state index in [9.17, 15) is 35.4 Å². The molecule has 1 heterocycles. The number of carbonyl (C=O) groups is 1. The van der Waals surface area contributed by atoms with Gasteiger partial charge < -0.3 is 45.4 Å². The Morgan fingerprint density at radius 1 is 0.565 bits per heavy atom. The van der Waals surface area contributed by atoms with Gasteiger partial charge in [-0.3, -0.25) is 4.79 Å². The highest BCUT2D eigenvalue weighted by Gasteiger charge is 2.44. The zero-order valence-electron chi connectivity index (χ0n) is 39.5. The number of hydrogen-bond donors (Lipinski definition) is 7. The zero-order chi connectivity index (χ0) is 45.3. The Labute approximate surface area is 378 Å². The summed E-state index contributed by atoms with van der Waals surface area (Å²) < 4.78 is 11.1. The lowest BCUT2D eigenvalue weighted by atomic mass is 9.99. The van der Waals surface area contributed by atoms with Crippen molar-refractivity contribution in [1.82, 2.24) is 5.32 Å². The van der Waals surface area contributed by atoms with E-state index in [1.165, 1.54) is 148 Å². The second kappa shape index (κ2) is 41.8. The van der Waals surface area contributed by atoms with Crippen molar-refractivity contribution in [2.45, 2.75) is 262 Å². The van der Waals surface area contributed by atoms with E-state index < -0.39 is 61.5 Å². The molecule has 10 heteroatoms. The summed E-state index contributed by atoms with van der Waals surface area (Å²) in [7, 11) is 0. The maximum atomic E-state index is 13.1. The Bertz CT molecular complexity index is 1130. The standard InChI is InChI=1S/C52H95NO9/c1-3-5-7-9-11-13-15-17-18-19-20-21-22-23-24-25-26-27-29-31-33-35-37-39-41-46(56)51(60)53-44(43-61-52-50(59)49(58)48(57)47(42-54)62-52)45(55)40-38-36-34-32-30-28-16-14-12-10-8-6-4-2/h13,15-16,28,30,32,38,40,44-50,52,54-59H,3-12,14,17-27,29,31,33-37,39,41-43H2,1-2H3,(H,53,60)/b15-13?,28-16+,32-30+,40-38+/t44-,45+,46+,47+,48+,49-,50+,52+/m0/s1. The molecule has 0 bridgehead atoms. The van der Waals surface area contributed by atoms with Crippen LogP contribution >= 0.6 is 0 Å². The normalized spacial score (nSPS) is 21.2. The summed E-state index contributed by atoms with van der Waals surface area (Å²) in [6, 6.07) is -1.01. The van der Waals surface area contributed by atoms with Crippen molar-refractivity contribution < 1.29 is 44.9 Å². The fourth-order valence-corrected chi connectivity index (χ4v) is 7.82. The number of unbranched alkanes of at least 4 members (excludes halogenated alkanes) is 26. The lowest BCUT2D eigenvalue weighted by Crippen LogP contribution is -2.60. The van der Waals surface area contributed by atoms with Gasteiger partial charge in [0.25, 0.3) is 0 Å². The van der Waals surface area contributed by atoms with Crippen LogP contribution in [0.1, 0.15) is 213 Å². The average molecular weight is 878 g/mol. The molecule has 8 atom stereocenters. The molecule has 1 aliphatic heterocycles. The predicted molar refractivity (Wildman–Crippen MR) is 255 cm³/mol. The average Bonchev–Trinajstić information content (AvgIpc) is 3.27. The van der Waals surface area contributed by atoms with Crippen LogP contribution in [-0.2, 0) is 14.3 Å². The fourth-order valence-electron chi connectivity index (χ4n) is 7.82. The Morgan fingerprint density at radius 2 is 1.00 bits per heavy atom. The quantitative estimate of drug-likeness (QED) is 0.0179. The summed E-state index contributed by atoms with van der Waals surface area (Å²) in [4.78, 5) is 13.1. The number of nitrogens with one attached hydrogen (secondary N) is 1. The van der Waals surface area contributed by atoms with Crippen molar-refractivity contribution in [3.05, 3.63) is 48.6 Å². The molecule has 362 valence electrons. The van der Waals surface area contributed by atoms with E-state index >= 15 is 0 Å². The van der Waals surface area contributed by atoms with Gasteiger partial charge in [0.05, 0.1) is 25.4 Å². The van der Waals surface area contributed by atoms with E-state index in [-0.39, 0.29) is 6.61 Å². The van der Waals surface area contributed by atoms with E-state index in [1.54, 1.807) is 6.08 Å². The highest BCUT2D eigenvalue weighted by atomic mass is 16.7. The molecular weight excluding hydrogens is 783 g/mol. The van der Waals surface area contributed by atoms with Crippen molar-refractivity contribution in [3.8, 4) is 0 Å². The number of allylic oxidation sites excluding steroid dienone is 7. The van der Waals surface area contributed by atoms with Gasteiger partial charge in [-0.1, -0.05) is 204 Å². The molecule has 0 aliphatic carbocycles. The van der Waals surface area contributed by atoms with Crippen molar-refractivity contribution >= 4 is 5.91 Å². The van der Waals surface area contributed by atoms with E-state index in [2.05, 4.69) is 49.5 Å². The van der Waals surface area contributed by atoms with Crippen LogP contribution in [0.15, 0.2) is 48.6 Å². The van der Waals surface area contributed by atoms with Gasteiger partial charge in [-0.15, -0.1) is 0 Å².